The van der Waals surface area contributed by atoms with Gasteiger partial charge in [0, 0.05) is 31.2 Å². The molecule has 2 aromatic carbocycles. The topological polar surface area (TPSA) is 76.2 Å². The highest BCUT2D eigenvalue weighted by Crippen LogP contribution is 2.39. The predicted octanol–water partition coefficient (Wildman–Crippen LogP) is 3.41. The van der Waals surface area contributed by atoms with Crippen molar-refractivity contribution in [3.63, 3.8) is 0 Å². The third-order valence-corrected chi connectivity index (χ3v) is 4.44. The van der Waals surface area contributed by atoms with Gasteiger partial charge in [-0.1, -0.05) is 0 Å². The summed E-state index contributed by atoms with van der Waals surface area (Å²) in [7, 11) is 1.53. The monoisotopic (exact) mass is 373 g/mol. The molecule has 0 spiro atoms. The summed E-state index contributed by atoms with van der Waals surface area (Å²) in [5.74, 6) is -0.595. The van der Waals surface area contributed by atoms with E-state index in [1.807, 2.05) is 0 Å². The lowest BCUT2D eigenvalue weighted by Crippen LogP contribution is -2.21. The zero-order valence-electron chi connectivity index (χ0n) is 14.7. The van der Waals surface area contributed by atoms with E-state index in [1.165, 1.54) is 7.05 Å². The molecule has 0 bridgehead atoms. The van der Waals surface area contributed by atoms with E-state index in [2.05, 4.69) is 15.3 Å². The van der Waals surface area contributed by atoms with E-state index in [1.54, 1.807) is 19.1 Å². The Hall–Kier alpha value is -3.16. The van der Waals surface area contributed by atoms with E-state index in [-0.39, 0.29) is 23.8 Å². The van der Waals surface area contributed by atoms with Crippen LogP contribution in [-0.4, -0.2) is 29.5 Å². The molecule has 1 aromatic heterocycles. The van der Waals surface area contributed by atoms with Crippen LogP contribution in [0.15, 0.2) is 24.3 Å². The summed E-state index contributed by atoms with van der Waals surface area (Å²) >= 11 is 0. The van der Waals surface area contributed by atoms with Crippen molar-refractivity contribution in [1.82, 2.24) is 15.3 Å². The first-order valence-electron chi connectivity index (χ1n) is 8.47. The number of amides is 1. The number of carbonyl (C=O) groups excluding carboxylic acids is 1. The maximum atomic E-state index is 14.4. The van der Waals surface area contributed by atoms with Crippen molar-refractivity contribution in [1.29, 1.82) is 0 Å². The molecule has 0 unspecified atom stereocenters. The average Bonchev–Trinajstić information content (AvgIpc) is 3.01. The molecule has 3 aromatic rings. The molecule has 27 heavy (non-hydrogen) atoms. The van der Waals surface area contributed by atoms with Gasteiger partial charge in [-0.05, 0) is 19.1 Å². The molecule has 4 rings (SSSR count). The Kier molecular flexibility index (Phi) is 4.18. The van der Waals surface area contributed by atoms with E-state index in [0.29, 0.717) is 34.6 Å². The minimum absolute atomic E-state index is 0.126. The molecule has 140 valence electrons. The van der Waals surface area contributed by atoms with E-state index >= 15 is 0 Å². The van der Waals surface area contributed by atoms with Gasteiger partial charge in [-0.15, -0.1) is 0 Å². The lowest BCUT2D eigenvalue weighted by atomic mass is 10.0. The van der Waals surface area contributed by atoms with Crippen LogP contribution < -0.4 is 14.8 Å². The van der Waals surface area contributed by atoms with Crippen LogP contribution >= 0.6 is 0 Å². The molecular weight excluding hydrogens is 356 g/mol. The van der Waals surface area contributed by atoms with Crippen molar-refractivity contribution in [3.8, 4) is 11.5 Å². The number of rotatable bonds is 3. The SMILES string of the molecule is CNC(=O)c1cc(O[C@H]2CCOc3cc(F)cc(F)c32)c2nc(C)[nH]c2c1. The Bertz CT molecular complexity index is 1050. The average molecular weight is 373 g/mol. The molecule has 0 saturated carbocycles. The molecule has 2 heterocycles. The summed E-state index contributed by atoms with van der Waals surface area (Å²) in [6.07, 6.45) is -0.306. The maximum Gasteiger partial charge on any atom is 0.251 e. The molecule has 2 N–H and O–H groups in total. The zero-order chi connectivity index (χ0) is 19.1. The van der Waals surface area contributed by atoms with Crippen LogP contribution in [0.4, 0.5) is 8.78 Å². The number of hydrogen-bond donors (Lipinski definition) is 2. The van der Waals surface area contributed by atoms with Crippen molar-refractivity contribution in [2.45, 2.75) is 19.4 Å². The minimum Gasteiger partial charge on any atom is -0.493 e. The first-order valence-corrected chi connectivity index (χ1v) is 8.47. The van der Waals surface area contributed by atoms with Crippen LogP contribution in [0, 0.1) is 18.6 Å². The summed E-state index contributed by atoms with van der Waals surface area (Å²) in [4.78, 5) is 19.5. The number of aromatic nitrogens is 2. The van der Waals surface area contributed by atoms with Crippen LogP contribution in [0.5, 0.6) is 11.5 Å². The van der Waals surface area contributed by atoms with E-state index in [9.17, 15) is 13.6 Å². The zero-order valence-corrected chi connectivity index (χ0v) is 14.7. The standard InChI is InChI=1S/C19H17F2N3O3/c1-9-23-13-5-10(19(25)22-2)6-16(18(13)24-9)27-14-3-4-26-15-8-11(20)7-12(21)17(14)15/h5-8,14H,3-4H2,1-2H3,(H,22,25)(H,23,24)/t14-/m0/s1. The van der Waals surface area contributed by atoms with E-state index < -0.39 is 17.7 Å². The van der Waals surface area contributed by atoms with Crippen molar-refractivity contribution in [2.75, 3.05) is 13.7 Å². The fourth-order valence-electron chi connectivity index (χ4n) is 3.26. The summed E-state index contributed by atoms with van der Waals surface area (Å²) < 4.78 is 39.3. The van der Waals surface area contributed by atoms with Gasteiger partial charge in [0.05, 0.1) is 17.7 Å². The number of aromatic amines is 1. The summed E-state index contributed by atoms with van der Waals surface area (Å²) in [6, 6.07) is 5.19. The largest absolute Gasteiger partial charge is 0.493 e. The van der Waals surface area contributed by atoms with Gasteiger partial charge < -0.3 is 19.8 Å². The molecule has 0 saturated heterocycles. The Labute approximate surface area is 153 Å². The number of ether oxygens (including phenoxy) is 2. The second kappa shape index (κ2) is 6.53. The lowest BCUT2D eigenvalue weighted by molar-refractivity contribution is 0.0961. The Morgan fingerprint density at radius 3 is 2.93 bits per heavy atom. The van der Waals surface area contributed by atoms with Crippen LogP contribution in [-0.2, 0) is 0 Å². The Balaban J connectivity index is 1.80. The van der Waals surface area contributed by atoms with E-state index in [0.717, 1.165) is 12.1 Å². The summed E-state index contributed by atoms with van der Waals surface area (Å²) in [5.41, 5.74) is 1.72. The van der Waals surface area contributed by atoms with Crippen molar-refractivity contribution >= 4 is 16.9 Å². The molecule has 0 fully saturated rings. The number of halogens is 2. The molecule has 1 amide bonds. The van der Waals surface area contributed by atoms with Gasteiger partial charge in [-0.2, -0.15) is 0 Å². The summed E-state index contributed by atoms with van der Waals surface area (Å²) in [5, 5.41) is 2.56. The van der Waals surface area contributed by atoms with Crippen molar-refractivity contribution in [2.24, 2.45) is 0 Å². The van der Waals surface area contributed by atoms with Gasteiger partial charge in [-0.25, -0.2) is 13.8 Å². The predicted molar refractivity (Wildman–Crippen MR) is 94.1 cm³/mol. The number of nitrogens with one attached hydrogen (secondary N) is 2. The molecule has 0 radical (unpaired) electrons. The minimum atomic E-state index is -0.730. The fraction of sp³-hybridized carbons (Fsp3) is 0.263. The molecule has 0 aliphatic carbocycles. The van der Waals surface area contributed by atoms with Crippen LogP contribution in [0.25, 0.3) is 11.0 Å². The highest BCUT2D eigenvalue weighted by atomic mass is 19.1. The Morgan fingerprint density at radius 1 is 1.33 bits per heavy atom. The first-order chi connectivity index (χ1) is 13.0. The normalized spacial score (nSPS) is 15.9. The number of imidazole rings is 1. The van der Waals surface area contributed by atoms with Crippen molar-refractivity contribution < 1.29 is 23.0 Å². The van der Waals surface area contributed by atoms with Crippen LogP contribution in [0.3, 0.4) is 0 Å². The molecule has 1 atom stereocenters. The lowest BCUT2D eigenvalue weighted by Gasteiger charge is -2.27. The second-order valence-corrected chi connectivity index (χ2v) is 6.31. The molecule has 1 aliphatic rings. The van der Waals surface area contributed by atoms with Crippen LogP contribution in [0.2, 0.25) is 0 Å². The number of fused-ring (bicyclic) bond motifs is 2. The maximum absolute atomic E-state index is 14.4. The number of H-pyrrole nitrogens is 1. The Morgan fingerprint density at radius 2 is 2.15 bits per heavy atom. The van der Waals surface area contributed by atoms with Gasteiger partial charge in [-0.3, -0.25) is 4.79 Å². The number of nitrogens with zero attached hydrogens (tertiary/aromatic N) is 1. The van der Waals surface area contributed by atoms with Gasteiger partial charge in [0.2, 0.25) is 0 Å². The smallest absolute Gasteiger partial charge is 0.251 e. The van der Waals surface area contributed by atoms with Gasteiger partial charge in [0.1, 0.15) is 40.6 Å². The number of benzene rings is 2. The number of aryl methyl sites for hydroxylation is 1. The van der Waals surface area contributed by atoms with Gasteiger partial charge >= 0.3 is 0 Å². The fourth-order valence-corrected chi connectivity index (χ4v) is 3.26. The van der Waals surface area contributed by atoms with Gasteiger partial charge in [0.25, 0.3) is 5.91 Å². The molecule has 1 aliphatic heterocycles. The highest BCUT2D eigenvalue weighted by molar-refractivity contribution is 5.99. The van der Waals surface area contributed by atoms with Crippen LogP contribution in [0.1, 0.15) is 34.3 Å². The molecular formula is C19H17F2N3O3. The third-order valence-electron chi connectivity index (χ3n) is 4.44. The second-order valence-electron chi connectivity index (χ2n) is 6.31. The highest BCUT2D eigenvalue weighted by Gasteiger charge is 2.29. The quantitative estimate of drug-likeness (QED) is 0.738. The summed E-state index contributed by atoms with van der Waals surface area (Å²) in [6.45, 7) is 2.05. The number of hydrogen-bond acceptors (Lipinski definition) is 4. The van der Waals surface area contributed by atoms with Crippen molar-refractivity contribution in [3.05, 3.63) is 52.9 Å². The molecule has 8 heteroatoms. The molecule has 6 nitrogen and oxygen atoms in total. The van der Waals surface area contributed by atoms with Gasteiger partial charge in [0.15, 0.2) is 0 Å². The van der Waals surface area contributed by atoms with E-state index in [4.69, 9.17) is 9.47 Å². The number of carbonyl (C=O) groups is 1. The first kappa shape index (κ1) is 17.3. The third kappa shape index (κ3) is 3.07.